The maximum absolute atomic E-state index is 12.7. The second-order valence-corrected chi connectivity index (χ2v) is 9.22. The molecule has 0 bridgehead atoms. The number of ketones is 2. The van der Waals surface area contributed by atoms with Gasteiger partial charge in [-0.1, -0.05) is 13.3 Å². The zero-order chi connectivity index (χ0) is 26.3. The van der Waals surface area contributed by atoms with Gasteiger partial charge in [-0.2, -0.15) is 0 Å². The minimum atomic E-state index is -0.667. The van der Waals surface area contributed by atoms with Crippen LogP contribution in [0.1, 0.15) is 79.2 Å². The fraction of sp³-hybridized carbons (Fsp3) is 0.464. The van der Waals surface area contributed by atoms with E-state index < -0.39 is 11.6 Å². The van der Waals surface area contributed by atoms with Crippen LogP contribution in [0.4, 0.5) is 0 Å². The highest BCUT2D eigenvalue weighted by molar-refractivity contribution is 6.00. The first-order valence-electron chi connectivity index (χ1n) is 12.2. The number of unbranched alkanes of at least 4 members (excludes halogenated alkanes) is 1. The molecule has 194 valence electrons. The fourth-order valence-electron chi connectivity index (χ4n) is 4.30. The standard InChI is InChI=1S/C28H34O8/c1-5-8-22-24(12-11-20(18(2)29)27(22)32)34-14-7-6-13-28(3)16-23(30)21-10-9-19(15-25(21)36-28)35-17-26(31)33-4/h9-12,15,32H,5-8,13-14,16-17H2,1-4H3/t28-/m0/s1. The highest BCUT2D eigenvalue weighted by atomic mass is 16.6. The lowest BCUT2D eigenvalue weighted by molar-refractivity contribution is -0.142. The van der Waals surface area contributed by atoms with Crippen molar-refractivity contribution in [3.63, 3.8) is 0 Å². The molecule has 0 amide bonds. The number of benzene rings is 2. The normalized spacial score (nSPS) is 16.6. The van der Waals surface area contributed by atoms with Crippen LogP contribution in [0.25, 0.3) is 0 Å². The molecule has 0 aliphatic carbocycles. The molecular weight excluding hydrogens is 464 g/mol. The van der Waals surface area contributed by atoms with E-state index in [1.165, 1.54) is 14.0 Å². The molecule has 0 spiro atoms. The van der Waals surface area contributed by atoms with Gasteiger partial charge in [0, 0.05) is 11.6 Å². The molecule has 0 unspecified atom stereocenters. The lowest BCUT2D eigenvalue weighted by Crippen LogP contribution is -2.39. The predicted molar refractivity (Wildman–Crippen MR) is 133 cm³/mol. The second kappa shape index (κ2) is 11.9. The summed E-state index contributed by atoms with van der Waals surface area (Å²) in [7, 11) is 1.29. The van der Waals surface area contributed by atoms with Crippen molar-refractivity contribution in [1.29, 1.82) is 0 Å². The number of methoxy groups -OCH3 is 1. The Bertz CT molecular complexity index is 1120. The molecule has 1 aliphatic heterocycles. The Morgan fingerprint density at radius 2 is 1.92 bits per heavy atom. The molecule has 0 aromatic heterocycles. The van der Waals surface area contributed by atoms with E-state index in [0.29, 0.717) is 53.4 Å². The third-order valence-corrected chi connectivity index (χ3v) is 6.21. The number of phenols is 1. The molecule has 2 aromatic rings. The van der Waals surface area contributed by atoms with E-state index in [4.69, 9.17) is 14.2 Å². The summed E-state index contributed by atoms with van der Waals surface area (Å²) in [6.45, 7) is 5.55. The van der Waals surface area contributed by atoms with E-state index in [1.54, 1.807) is 30.3 Å². The first-order chi connectivity index (χ1) is 17.2. The van der Waals surface area contributed by atoms with Crippen LogP contribution in [0.2, 0.25) is 0 Å². The van der Waals surface area contributed by atoms with Crippen LogP contribution in [-0.2, 0) is 16.0 Å². The summed E-state index contributed by atoms with van der Waals surface area (Å²) in [6, 6.07) is 8.25. The topological polar surface area (TPSA) is 108 Å². The maximum Gasteiger partial charge on any atom is 0.343 e. The molecule has 1 atom stereocenters. The quantitative estimate of drug-likeness (QED) is 0.245. The Morgan fingerprint density at radius 3 is 2.61 bits per heavy atom. The zero-order valence-electron chi connectivity index (χ0n) is 21.3. The molecule has 8 heteroatoms. The van der Waals surface area contributed by atoms with E-state index >= 15 is 0 Å². The molecule has 1 aliphatic rings. The SMILES string of the molecule is CCCc1c(OCCCC[C@@]2(C)CC(=O)c3ccc(OCC(=O)OC)cc3O2)ccc(C(C)=O)c1O. The molecule has 0 saturated carbocycles. The number of Topliss-reactive ketones (excluding diaryl/α,β-unsaturated/α-hetero) is 2. The van der Waals surface area contributed by atoms with Gasteiger partial charge in [-0.05, 0) is 63.8 Å². The van der Waals surface area contributed by atoms with E-state index in [9.17, 15) is 19.5 Å². The van der Waals surface area contributed by atoms with E-state index in [2.05, 4.69) is 4.74 Å². The van der Waals surface area contributed by atoms with Gasteiger partial charge in [-0.3, -0.25) is 9.59 Å². The average Bonchev–Trinajstić information content (AvgIpc) is 2.83. The summed E-state index contributed by atoms with van der Waals surface area (Å²) in [6.07, 6.45) is 3.82. The van der Waals surface area contributed by atoms with Crippen LogP contribution in [0, 0.1) is 0 Å². The van der Waals surface area contributed by atoms with Crippen molar-refractivity contribution in [3.05, 3.63) is 47.0 Å². The minimum absolute atomic E-state index is 0.000221. The van der Waals surface area contributed by atoms with Crippen LogP contribution in [0.15, 0.2) is 30.3 Å². The summed E-state index contributed by atoms with van der Waals surface area (Å²) in [5.41, 5.74) is 0.787. The third kappa shape index (κ3) is 6.56. The number of rotatable bonds is 12. The van der Waals surface area contributed by atoms with Gasteiger partial charge in [0.15, 0.2) is 18.2 Å². The molecule has 36 heavy (non-hydrogen) atoms. The number of hydrogen-bond acceptors (Lipinski definition) is 8. The van der Waals surface area contributed by atoms with Crippen molar-refractivity contribution >= 4 is 17.5 Å². The molecule has 1 heterocycles. The summed E-state index contributed by atoms with van der Waals surface area (Å²) in [4.78, 5) is 35.8. The zero-order valence-corrected chi connectivity index (χ0v) is 21.3. The molecule has 0 radical (unpaired) electrons. The number of fused-ring (bicyclic) bond motifs is 1. The summed E-state index contributed by atoms with van der Waals surface area (Å²) in [5, 5.41) is 10.5. The number of carbonyl (C=O) groups is 3. The molecular formula is C28H34O8. The Hall–Kier alpha value is -3.55. The predicted octanol–water partition coefficient (Wildman–Crippen LogP) is 5.07. The van der Waals surface area contributed by atoms with Crippen molar-refractivity contribution < 1.29 is 38.4 Å². The number of esters is 1. The lowest BCUT2D eigenvalue weighted by atomic mass is 9.87. The van der Waals surface area contributed by atoms with Gasteiger partial charge in [0.25, 0.3) is 0 Å². The Kier molecular flexibility index (Phi) is 8.96. The van der Waals surface area contributed by atoms with Crippen molar-refractivity contribution in [3.8, 4) is 23.0 Å². The van der Waals surface area contributed by atoms with E-state index in [0.717, 1.165) is 19.3 Å². The van der Waals surface area contributed by atoms with Crippen molar-refractivity contribution in [2.75, 3.05) is 20.3 Å². The van der Waals surface area contributed by atoms with Crippen LogP contribution in [-0.4, -0.2) is 48.6 Å². The van der Waals surface area contributed by atoms with Gasteiger partial charge in [0.05, 0.1) is 31.3 Å². The fourth-order valence-corrected chi connectivity index (χ4v) is 4.30. The number of ether oxygens (including phenoxy) is 4. The summed E-state index contributed by atoms with van der Waals surface area (Å²) < 4.78 is 22.2. The highest BCUT2D eigenvalue weighted by Crippen LogP contribution is 2.38. The lowest BCUT2D eigenvalue weighted by Gasteiger charge is -2.35. The number of phenolic OH excluding ortho intramolecular Hbond substituents is 1. The van der Waals surface area contributed by atoms with Gasteiger partial charge in [-0.25, -0.2) is 4.79 Å². The smallest absolute Gasteiger partial charge is 0.343 e. The Balaban J connectivity index is 1.57. The molecule has 3 rings (SSSR count). The Labute approximate surface area is 211 Å². The van der Waals surface area contributed by atoms with Crippen molar-refractivity contribution in [2.24, 2.45) is 0 Å². The maximum atomic E-state index is 12.7. The first kappa shape index (κ1) is 27.0. The number of hydrogen-bond donors (Lipinski definition) is 1. The molecule has 1 N–H and O–H groups in total. The molecule has 0 saturated heterocycles. The largest absolute Gasteiger partial charge is 0.507 e. The average molecular weight is 499 g/mol. The summed E-state index contributed by atoms with van der Waals surface area (Å²) in [5.74, 6) is 0.767. The van der Waals surface area contributed by atoms with Crippen LogP contribution < -0.4 is 14.2 Å². The van der Waals surface area contributed by atoms with Crippen LogP contribution in [0.5, 0.6) is 23.0 Å². The van der Waals surface area contributed by atoms with Crippen LogP contribution in [0.3, 0.4) is 0 Å². The van der Waals surface area contributed by atoms with Gasteiger partial charge < -0.3 is 24.1 Å². The Morgan fingerprint density at radius 1 is 1.14 bits per heavy atom. The minimum Gasteiger partial charge on any atom is -0.507 e. The van der Waals surface area contributed by atoms with Crippen molar-refractivity contribution in [1.82, 2.24) is 0 Å². The monoisotopic (exact) mass is 498 g/mol. The van der Waals surface area contributed by atoms with Gasteiger partial charge in [-0.15, -0.1) is 0 Å². The van der Waals surface area contributed by atoms with Gasteiger partial charge in [0.1, 0.15) is 28.6 Å². The van der Waals surface area contributed by atoms with E-state index in [1.807, 2.05) is 13.8 Å². The number of carbonyl (C=O) groups excluding carboxylic acids is 3. The summed E-state index contributed by atoms with van der Waals surface area (Å²) >= 11 is 0. The molecule has 8 nitrogen and oxygen atoms in total. The van der Waals surface area contributed by atoms with E-state index in [-0.39, 0.29) is 30.3 Å². The molecule has 0 fully saturated rings. The highest BCUT2D eigenvalue weighted by Gasteiger charge is 2.36. The third-order valence-electron chi connectivity index (χ3n) is 6.21. The second-order valence-electron chi connectivity index (χ2n) is 9.22. The first-order valence-corrected chi connectivity index (χ1v) is 12.2. The van der Waals surface area contributed by atoms with Crippen molar-refractivity contribution in [2.45, 2.75) is 64.9 Å². The van der Waals surface area contributed by atoms with Crippen LogP contribution >= 0.6 is 0 Å². The van der Waals surface area contributed by atoms with Gasteiger partial charge in [0.2, 0.25) is 0 Å². The van der Waals surface area contributed by atoms with Gasteiger partial charge >= 0.3 is 5.97 Å². The number of aromatic hydroxyl groups is 1. The molecule has 2 aromatic carbocycles.